The van der Waals surface area contributed by atoms with Gasteiger partial charge in [-0.1, -0.05) is 48.0 Å². The van der Waals surface area contributed by atoms with Crippen LogP contribution < -0.4 is 10.9 Å². The third kappa shape index (κ3) is 4.07. The molecule has 0 unspecified atom stereocenters. The summed E-state index contributed by atoms with van der Waals surface area (Å²) in [6.45, 7) is -0.294. The number of hydrogen-bond acceptors (Lipinski definition) is 4. The lowest BCUT2D eigenvalue weighted by atomic mass is 10.1. The van der Waals surface area contributed by atoms with Crippen molar-refractivity contribution in [2.24, 2.45) is 0 Å². The largest absolute Gasteiger partial charge is 0.323 e. The second-order valence-corrected chi connectivity index (χ2v) is 7.06. The lowest BCUT2D eigenvalue weighted by Crippen LogP contribution is -2.29. The first kappa shape index (κ1) is 19.4. The first-order valence-corrected chi connectivity index (χ1v) is 9.48. The first-order valence-electron chi connectivity index (χ1n) is 9.10. The van der Waals surface area contributed by atoms with Crippen LogP contribution in [0.15, 0.2) is 77.6 Å². The van der Waals surface area contributed by atoms with Gasteiger partial charge in [-0.05, 0) is 41.1 Å². The highest BCUT2D eigenvalue weighted by molar-refractivity contribution is 6.31. The molecule has 0 radical (unpaired) electrons. The van der Waals surface area contributed by atoms with E-state index in [1.54, 1.807) is 12.1 Å². The lowest BCUT2D eigenvalue weighted by Gasteiger charge is -2.10. The topological polar surface area (TPSA) is 87.8 Å². The monoisotopic (exact) mass is 414 g/mol. The van der Waals surface area contributed by atoms with Crippen LogP contribution in [-0.2, 0) is 11.3 Å². The molecular formula is C23H15ClN4O2. The smallest absolute Gasteiger partial charge is 0.267 e. The molecule has 0 fully saturated rings. The zero-order valence-electron chi connectivity index (χ0n) is 15.7. The molecule has 4 aromatic rings. The van der Waals surface area contributed by atoms with Gasteiger partial charge in [0.2, 0.25) is 5.91 Å². The van der Waals surface area contributed by atoms with E-state index >= 15 is 0 Å². The molecule has 0 aliphatic rings. The highest BCUT2D eigenvalue weighted by Gasteiger charge is 2.11. The van der Waals surface area contributed by atoms with Crippen LogP contribution >= 0.6 is 11.6 Å². The Balaban J connectivity index is 1.60. The molecule has 0 saturated heterocycles. The third-order valence-corrected chi connectivity index (χ3v) is 4.82. The molecular weight excluding hydrogens is 400 g/mol. The van der Waals surface area contributed by atoms with Gasteiger partial charge in [0, 0.05) is 16.7 Å². The Morgan fingerprint density at radius 2 is 1.83 bits per heavy atom. The molecule has 4 rings (SSSR count). The number of hydrogen-bond donors (Lipinski definition) is 1. The summed E-state index contributed by atoms with van der Waals surface area (Å²) in [5.74, 6) is -0.487. The van der Waals surface area contributed by atoms with E-state index < -0.39 is 11.5 Å². The Bertz CT molecular complexity index is 1370. The van der Waals surface area contributed by atoms with Crippen molar-refractivity contribution in [3.05, 3.63) is 93.7 Å². The third-order valence-electron chi connectivity index (χ3n) is 4.58. The standard InChI is InChI=1S/C23H15ClN4O2/c24-19-8-7-18(13-25)21(12-19)26-22(29)14-28-23(30)10-9-20(27-28)17-6-5-15-3-1-2-4-16(15)11-17/h1-12H,14H2,(H,26,29). The van der Waals surface area contributed by atoms with Crippen molar-refractivity contribution in [3.8, 4) is 17.3 Å². The zero-order valence-corrected chi connectivity index (χ0v) is 16.4. The number of carbonyl (C=O) groups is 1. The van der Waals surface area contributed by atoms with E-state index in [4.69, 9.17) is 11.6 Å². The summed E-state index contributed by atoms with van der Waals surface area (Å²) in [5, 5.41) is 18.7. The summed E-state index contributed by atoms with van der Waals surface area (Å²) in [6.07, 6.45) is 0. The van der Waals surface area contributed by atoms with Crippen molar-refractivity contribution in [3.63, 3.8) is 0 Å². The Labute approximate surface area is 177 Å². The van der Waals surface area contributed by atoms with Crippen molar-refractivity contribution >= 4 is 34.0 Å². The number of halogens is 1. The van der Waals surface area contributed by atoms with Crippen molar-refractivity contribution in [1.29, 1.82) is 5.26 Å². The average molecular weight is 415 g/mol. The van der Waals surface area contributed by atoms with Gasteiger partial charge in [-0.25, -0.2) is 4.68 Å². The van der Waals surface area contributed by atoms with Crippen LogP contribution in [0.1, 0.15) is 5.56 Å². The summed E-state index contributed by atoms with van der Waals surface area (Å²) < 4.78 is 1.09. The number of nitrogens with zero attached hydrogens (tertiary/aromatic N) is 3. The molecule has 1 heterocycles. The maximum atomic E-state index is 12.5. The molecule has 146 valence electrons. The molecule has 0 atom stereocenters. The molecule has 0 saturated carbocycles. The normalized spacial score (nSPS) is 10.5. The minimum Gasteiger partial charge on any atom is -0.323 e. The van der Waals surface area contributed by atoms with E-state index in [1.165, 1.54) is 18.2 Å². The summed E-state index contributed by atoms with van der Waals surface area (Å²) in [4.78, 5) is 24.7. The number of rotatable bonds is 4. The Hall–Kier alpha value is -3.95. The lowest BCUT2D eigenvalue weighted by molar-refractivity contribution is -0.117. The molecule has 6 nitrogen and oxygen atoms in total. The Morgan fingerprint density at radius 1 is 1.03 bits per heavy atom. The molecule has 1 aromatic heterocycles. The van der Waals surface area contributed by atoms with Crippen LogP contribution in [0, 0.1) is 11.3 Å². The second-order valence-electron chi connectivity index (χ2n) is 6.63. The van der Waals surface area contributed by atoms with E-state index in [1.807, 2.05) is 48.5 Å². The van der Waals surface area contributed by atoms with Crippen LogP contribution in [0.2, 0.25) is 5.02 Å². The van der Waals surface area contributed by atoms with E-state index in [0.717, 1.165) is 21.0 Å². The van der Waals surface area contributed by atoms with Crippen LogP contribution in [0.4, 0.5) is 5.69 Å². The predicted molar refractivity (Wildman–Crippen MR) is 116 cm³/mol. The fourth-order valence-electron chi connectivity index (χ4n) is 3.11. The number of carbonyl (C=O) groups excluding carboxylic acids is 1. The van der Waals surface area contributed by atoms with Gasteiger partial charge in [0.25, 0.3) is 5.56 Å². The summed E-state index contributed by atoms with van der Waals surface area (Å²) in [6, 6.07) is 23.4. The van der Waals surface area contributed by atoms with Crippen molar-refractivity contribution in [1.82, 2.24) is 9.78 Å². The van der Waals surface area contributed by atoms with Gasteiger partial charge in [0.15, 0.2) is 0 Å². The van der Waals surface area contributed by atoms with Crippen LogP contribution in [-0.4, -0.2) is 15.7 Å². The van der Waals surface area contributed by atoms with Gasteiger partial charge in [-0.3, -0.25) is 9.59 Å². The maximum Gasteiger partial charge on any atom is 0.267 e. The fraction of sp³-hybridized carbons (Fsp3) is 0.0435. The minimum absolute atomic E-state index is 0.276. The minimum atomic E-state index is -0.487. The van der Waals surface area contributed by atoms with Gasteiger partial charge in [0.1, 0.15) is 12.6 Å². The number of nitrogens with one attached hydrogen (secondary N) is 1. The highest BCUT2D eigenvalue weighted by atomic mass is 35.5. The van der Waals surface area contributed by atoms with Crippen LogP contribution in [0.3, 0.4) is 0 Å². The average Bonchev–Trinajstić information content (AvgIpc) is 2.75. The first-order chi connectivity index (χ1) is 14.5. The predicted octanol–water partition coefficient (Wildman–Crippen LogP) is 4.23. The molecule has 1 N–H and O–H groups in total. The number of anilines is 1. The summed E-state index contributed by atoms with van der Waals surface area (Å²) >= 11 is 5.94. The van der Waals surface area contributed by atoms with Gasteiger partial charge < -0.3 is 5.32 Å². The van der Waals surface area contributed by atoms with E-state index in [-0.39, 0.29) is 17.8 Å². The molecule has 0 spiro atoms. The number of fused-ring (bicyclic) bond motifs is 1. The zero-order chi connectivity index (χ0) is 21.1. The van der Waals surface area contributed by atoms with Gasteiger partial charge in [-0.15, -0.1) is 0 Å². The number of aromatic nitrogens is 2. The van der Waals surface area contributed by atoms with Crippen molar-refractivity contribution in [2.75, 3.05) is 5.32 Å². The maximum absolute atomic E-state index is 12.5. The quantitative estimate of drug-likeness (QED) is 0.541. The van der Waals surface area contributed by atoms with Crippen molar-refractivity contribution < 1.29 is 4.79 Å². The van der Waals surface area contributed by atoms with Crippen molar-refractivity contribution in [2.45, 2.75) is 6.54 Å². The van der Waals surface area contributed by atoms with Gasteiger partial charge in [0.05, 0.1) is 16.9 Å². The Morgan fingerprint density at radius 3 is 2.63 bits per heavy atom. The van der Waals surface area contributed by atoms with Crippen LogP contribution in [0.5, 0.6) is 0 Å². The molecule has 1 amide bonds. The molecule has 3 aromatic carbocycles. The second kappa shape index (κ2) is 8.19. The molecule has 7 heteroatoms. The van der Waals surface area contributed by atoms with Gasteiger partial charge >= 0.3 is 0 Å². The number of benzene rings is 3. The van der Waals surface area contributed by atoms with E-state index in [9.17, 15) is 14.9 Å². The van der Waals surface area contributed by atoms with E-state index in [2.05, 4.69) is 10.4 Å². The molecule has 0 aliphatic heterocycles. The number of nitriles is 1. The summed E-state index contributed by atoms with van der Waals surface area (Å²) in [5.41, 5.74) is 1.58. The Kier molecular flexibility index (Phi) is 5.29. The van der Waals surface area contributed by atoms with Crippen LogP contribution in [0.25, 0.3) is 22.0 Å². The SMILES string of the molecule is N#Cc1ccc(Cl)cc1NC(=O)Cn1nc(-c2ccc3ccccc3c2)ccc1=O. The number of amides is 1. The fourth-order valence-corrected chi connectivity index (χ4v) is 3.28. The molecule has 30 heavy (non-hydrogen) atoms. The molecule has 0 aliphatic carbocycles. The highest BCUT2D eigenvalue weighted by Crippen LogP contribution is 2.23. The molecule has 0 bridgehead atoms. The summed E-state index contributed by atoms with van der Waals surface area (Å²) in [7, 11) is 0. The van der Waals surface area contributed by atoms with E-state index in [0.29, 0.717) is 10.7 Å². The van der Waals surface area contributed by atoms with Gasteiger partial charge in [-0.2, -0.15) is 10.4 Å².